The highest BCUT2D eigenvalue weighted by Crippen LogP contribution is 2.32. The van der Waals surface area contributed by atoms with Crippen LogP contribution < -0.4 is 10.3 Å². The molecule has 0 aliphatic heterocycles. The molecule has 2 aromatic carbocycles. The van der Waals surface area contributed by atoms with Crippen molar-refractivity contribution in [3.05, 3.63) is 92.4 Å². The van der Waals surface area contributed by atoms with Crippen molar-refractivity contribution in [2.24, 2.45) is 7.05 Å². The Hall–Kier alpha value is -2.79. The fourth-order valence-electron chi connectivity index (χ4n) is 4.44. The minimum Gasteiger partial charge on any atom is -0.487 e. The van der Waals surface area contributed by atoms with E-state index in [0.717, 1.165) is 24.1 Å². The maximum atomic E-state index is 13.0. The third-order valence-corrected chi connectivity index (χ3v) is 6.75. The highest BCUT2D eigenvalue weighted by molar-refractivity contribution is 9.10. The van der Waals surface area contributed by atoms with E-state index in [2.05, 4.69) is 39.7 Å². The molecule has 2 heterocycles. The fraction of sp³-hybridized carbons (Fsp3) is 0.240. The standard InChI is InChI=1S/C25H23BrN2O2/c1-27-21-10-6-5-9-19(21)20-12-11-18(15-22(20)27)28-14-13-23(24(26)25(28)29)30-16-17-7-3-2-4-8-17/h2-4,7-8,11-15H,5-6,9-10,16H2,1H3. The molecule has 5 heteroatoms. The average Bonchev–Trinajstić information content (AvgIpc) is 3.07. The second kappa shape index (κ2) is 7.80. The summed E-state index contributed by atoms with van der Waals surface area (Å²) in [6.45, 7) is 0.420. The van der Waals surface area contributed by atoms with E-state index in [9.17, 15) is 4.79 Å². The first-order chi connectivity index (χ1) is 14.6. The number of ether oxygens (including phenoxy) is 1. The van der Waals surface area contributed by atoms with Gasteiger partial charge < -0.3 is 9.30 Å². The summed E-state index contributed by atoms with van der Waals surface area (Å²) >= 11 is 3.45. The maximum Gasteiger partial charge on any atom is 0.273 e. The first kappa shape index (κ1) is 19.2. The van der Waals surface area contributed by atoms with Crippen LogP contribution >= 0.6 is 15.9 Å². The summed E-state index contributed by atoms with van der Waals surface area (Å²) in [5.41, 5.74) is 5.90. The van der Waals surface area contributed by atoms with E-state index in [1.165, 1.54) is 35.0 Å². The van der Waals surface area contributed by atoms with Crippen LogP contribution in [0.5, 0.6) is 5.75 Å². The molecule has 5 rings (SSSR count). The van der Waals surface area contributed by atoms with Gasteiger partial charge >= 0.3 is 0 Å². The zero-order valence-electron chi connectivity index (χ0n) is 16.9. The molecule has 0 fully saturated rings. The number of halogens is 1. The summed E-state index contributed by atoms with van der Waals surface area (Å²) in [6.07, 6.45) is 6.57. The lowest BCUT2D eigenvalue weighted by molar-refractivity contribution is 0.303. The van der Waals surface area contributed by atoms with Crippen LogP contribution in [0.1, 0.15) is 29.7 Å². The number of nitrogens with zero attached hydrogens (tertiary/aromatic N) is 2. The van der Waals surface area contributed by atoms with Crippen molar-refractivity contribution < 1.29 is 4.74 Å². The molecule has 0 saturated carbocycles. The van der Waals surface area contributed by atoms with Crippen molar-refractivity contribution in [1.82, 2.24) is 9.13 Å². The van der Waals surface area contributed by atoms with Gasteiger partial charge in [0, 0.05) is 24.3 Å². The number of rotatable bonds is 4. The first-order valence-electron chi connectivity index (χ1n) is 10.3. The molecule has 30 heavy (non-hydrogen) atoms. The maximum absolute atomic E-state index is 13.0. The molecule has 0 unspecified atom stereocenters. The van der Waals surface area contributed by atoms with Gasteiger partial charge in [-0.1, -0.05) is 36.4 Å². The van der Waals surface area contributed by atoms with Gasteiger partial charge in [-0.15, -0.1) is 0 Å². The van der Waals surface area contributed by atoms with Crippen LogP contribution in [0.4, 0.5) is 0 Å². The van der Waals surface area contributed by atoms with E-state index in [1.54, 1.807) is 10.8 Å². The molecule has 4 nitrogen and oxygen atoms in total. The van der Waals surface area contributed by atoms with Crippen molar-refractivity contribution >= 4 is 26.8 Å². The van der Waals surface area contributed by atoms with Gasteiger partial charge in [0.2, 0.25) is 0 Å². The molecule has 152 valence electrons. The average molecular weight is 463 g/mol. The zero-order chi connectivity index (χ0) is 20.7. The van der Waals surface area contributed by atoms with Crippen LogP contribution in [0.25, 0.3) is 16.6 Å². The number of pyridine rings is 1. The molecular formula is C25H23BrN2O2. The van der Waals surface area contributed by atoms with Crippen LogP contribution in [0.2, 0.25) is 0 Å². The van der Waals surface area contributed by atoms with Crippen LogP contribution in [-0.2, 0) is 26.5 Å². The molecule has 1 aliphatic carbocycles. The molecule has 0 saturated heterocycles. The van der Waals surface area contributed by atoms with E-state index in [4.69, 9.17) is 4.74 Å². The van der Waals surface area contributed by atoms with E-state index in [0.29, 0.717) is 16.8 Å². The van der Waals surface area contributed by atoms with E-state index < -0.39 is 0 Å². The molecule has 0 spiro atoms. The number of aromatic nitrogens is 2. The molecule has 0 radical (unpaired) electrons. The minimum absolute atomic E-state index is 0.126. The third-order valence-electron chi connectivity index (χ3n) is 6.02. The van der Waals surface area contributed by atoms with Crippen molar-refractivity contribution in [2.45, 2.75) is 32.3 Å². The Morgan fingerprint density at radius 1 is 1.03 bits per heavy atom. The predicted molar refractivity (Wildman–Crippen MR) is 124 cm³/mol. The van der Waals surface area contributed by atoms with Gasteiger partial charge in [-0.2, -0.15) is 0 Å². The highest BCUT2D eigenvalue weighted by Gasteiger charge is 2.19. The van der Waals surface area contributed by atoms with Crippen molar-refractivity contribution in [2.75, 3.05) is 0 Å². The molecule has 0 bridgehead atoms. The van der Waals surface area contributed by atoms with Crippen molar-refractivity contribution in [3.8, 4) is 11.4 Å². The molecule has 0 amide bonds. The number of hydrogen-bond donors (Lipinski definition) is 0. The monoisotopic (exact) mass is 462 g/mol. The van der Waals surface area contributed by atoms with E-state index in [-0.39, 0.29) is 5.56 Å². The summed E-state index contributed by atoms with van der Waals surface area (Å²) in [6, 6.07) is 18.1. The van der Waals surface area contributed by atoms with Gasteiger partial charge in [0.1, 0.15) is 16.8 Å². The lowest BCUT2D eigenvalue weighted by Crippen LogP contribution is -2.19. The van der Waals surface area contributed by atoms with Crippen LogP contribution in [0.3, 0.4) is 0 Å². The molecular weight excluding hydrogens is 440 g/mol. The molecule has 2 aromatic heterocycles. The molecule has 1 aliphatic rings. The Labute approximate surface area is 183 Å². The van der Waals surface area contributed by atoms with Crippen LogP contribution in [-0.4, -0.2) is 9.13 Å². The second-order valence-electron chi connectivity index (χ2n) is 7.84. The van der Waals surface area contributed by atoms with Gasteiger partial charge in [-0.05, 0) is 70.9 Å². The van der Waals surface area contributed by atoms with Gasteiger partial charge in [-0.25, -0.2) is 0 Å². The molecule has 0 atom stereocenters. The Balaban J connectivity index is 1.50. The predicted octanol–water partition coefficient (Wildman–Crippen LogP) is 5.55. The number of fused-ring (bicyclic) bond motifs is 3. The van der Waals surface area contributed by atoms with E-state index in [1.807, 2.05) is 42.5 Å². The Morgan fingerprint density at radius 3 is 2.67 bits per heavy atom. The summed E-state index contributed by atoms with van der Waals surface area (Å²) in [7, 11) is 2.13. The second-order valence-corrected chi connectivity index (χ2v) is 8.63. The summed E-state index contributed by atoms with van der Waals surface area (Å²) in [4.78, 5) is 13.0. The van der Waals surface area contributed by atoms with Crippen molar-refractivity contribution in [3.63, 3.8) is 0 Å². The smallest absolute Gasteiger partial charge is 0.273 e. The largest absolute Gasteiger partial charge is 0.487 e. The summed E-state index contributed by atoms with van der Waals surface area (Å²) in [5.74, 6) is 0.551. The SMILES string of the molecule is Cn1c2c(c3ccc(-n4ccc(OCc5ccccc5)c(Br)c4=O)cc31)CCCC2. The quantitative estimate of drug-likeness (QED) is 0.398. The van der Waals surface area contributed by atoms with Crippen LogP contribution in [0, 0.1) is 0 Å². The van der Waals surface area contributed by atoms with Gasteiger partial charge in [0.25, 0.3) is 5.56 Å². The lowest BCUT2D eigenvalue weighted by Gasteiger charge is -2.12. The Bertz CT molecular complexity index is 1290. The van der Waals surface area contributed by atoms with E-state index >= 15 is 0 Å². The Morgan fingerprint density at radius 2 is 1.83 bits per heavy atom. The normalized spacial score (nSPS) is 13.4. The summed E-state index contributed by atoms with van der Waals surface area (Å²) < 4.78 is 10.3. The zero-order valence-corrected chi connectivity index (χ0v) is 18.5. The van der Waals surface area contributed by atoms with Gasteiger partial charge in [-0.3, -0.25) is 9.36 Å². The van der Waals surface area contributed by atoms with Gasteiger partial charge in [0.05, 0.1) is 11.2 Å². The van der Waals surface area contributed by atoms with Crippen LogP contribution in [0.15, 0.2) is 70.1 Å². The minimum atomic E-state index is -0.126. The topological polar surface area (TPSA) is 36.2 Å². The van der Waals surface area contributed by atoms with Gasteiger partial charge in [0.15, 0.2) is 0 Å². The first-order valence-corrected chi connectivity index (χ1v) is 11.1. The third kappa shape index (κ3) is 3.27. The number of benzene rings is 2. The number of aryl methyl sites for hydroxylation is 2. The van der Waals surface area contributed by atoms with Crippen molar-refractivity contribution in [1.29, 1.82) is 0 Å². The molecule has 4 aromatic rings. The Kier molecular flexibility index (Phi) is 4.99. The fourth-order valence-corrected chi connectivity index (χ4v) is 4.88. The lowest BCUT2D eigenvalue weighted by atomic mass is 9.95. The molecule has 0 N–H and O–H groups in total. The number of hydrogen-bond acceptors (Lipinski definition) is 2. The highest BCUT2D eigenvalue weighted by atomic mass is 79.9. The summed E-state index contributed by atoms with van der Waals surface area (Å²) in [5, 5.41) is 1.31.